The number of likely N-dealkylation sites (tertiary alicyclic amines) is 1. The molecule has 0 unspecified atom stereocenters. The van der Waals surface area contributed by atoms with Crippen LogP contribution >= 0.6 is 0 Å². The van der Waals surface area contributed by atoms with Gasteiger partial charge in [-0.15, -0.1) is 0 Å². The van der Waals surface area contributed by atoms with Gasteiger partial charge in [0.15, 0.2) is 0 Å². The number of hydrogen-bond acceptors (Lipinski definition) is 4. The summed E-state index contributed by atoms with van der Waals surface area (Å²) in [7, 11) is 0. The summed E-state index contributed by atoms with van der Waals surface area (Å²) < 4.78 is 2.06. The van der Waals surface area contributed by atoms with Crippen molar-refractivity contribution in [3.8, 4) is 11.3 Å². The Morgan fingerprint density at radius 2 is 1.93 bits per heavy atom. The van der Waals surface area contributed by atoms with E-state index in [0.717, 1.165) is 47.0 Å². The lowest BCUT2D eigenvalue weighted by Crippen LogP contribution is -2.29. The Hall–Kier alpha value is -3.02. The molecule has 3 heterocycles. The molecule has 0 N–H and O–H groups in total. The van der Waals surface area contributed by atoms with Gasteiger partial charge in [0.1, 0.15) is 0 Å². The van der Waals surface area contributed by atoms with Crippen LogP contribution in [-0.4, -0.2) is 43.6 Å². The van der Waals surface area contributed by atoms with Gasteiger partial charge in [0.05, 0.1) is 28.8 Å². The Morgan fingerprint density at radius 3 is 2.68 bits per heavy atom. The quantitative estimate of drug-likeness (QED) is 0.701. The first kappa shape index (κ1) is 18.3. The summed E-state index contributed by atoms with van der Waals surface area (Å²) >= 11 is 0. The summed E-state index contributed by atoms with van der Waals surface area (Å²) in [5, 5.41) is 4.59. The lowest BCUT2D eigenvalue weighted by molar-refractivity contribution is 0.0787. The molecule has 0 radical (unpaired) electrons. The van der Waals surface area contributed by atoms with Crippen molar-refractivity contribution in [2.75, 3.05) is 13.1 Å². The molecule has 1 saturated heterocycles. The van der Waals surface area contributed by atoms with Crippen LogP contribution in [0, 0.1) is 27.7 Å². The zero-order chi connectivity index (χ0) is 19.8. The van der Waals surface area contributed by atoms with Crippen molar-refractivity contribution in [3.63, 3.8) is 0 Å². The van der Waals surface area contributed by atoms with Gasteiger partial charge < -0.3 is 4.90 Å². The second-order valence-electron chi connectivity index (χ2n) is 7.59. The molecule has 1 aromatic carbocycles. The van der Waals surface area contributed by atoms with Crippen LogP contribution in [0.2, 0.25) is 0 Å². The lowest BCUT2D eigenvalue weighted by atomic mass is 10.1. The number of amides is 1. The van der Waals surface area contributed by atoms with E-state index in [2.05, 4.69) is 32.7 Å². The molecule has 0 bridgehead atoms. The van der Waals surface area contributed by atoms with E-state index in [1.54, 1.807) is 6.20 Å². The molecule has 1 aliphatic heterocycles. The highest BCUT2D eigenvalue weighted by molar-refractivity contribution is 5.95. The minimum atomic E-state index is 0.0594. The Labute approximate surface area is 165 Å². The molecule has 28 heavy (non-hydrogen) atoms. The maximum atomic E-state index is 13.1. The highest BCUT2D eigenvalue weighted by atomic mass is 16.2. The predicted molar refractivity (Wildman–Crippen MR) is 108 cm³/mol. The summed E-state index contributed by atoms with van der Waals surface area (Å²) in [5.41, 5.74) is 6.34. The Balaban J connectivity index is 1.56. The van der Waals surface area contributed by atoms with Crippen molar-refractivity contribution in [3.05, 3.63) is 64.9 Å². The van der Waals surface area contributed by atoms with Gasteiger partial charge in [-0.2, -0.15) is 5.10 Å². The number of hydrogen-bond donors (Lipinski definition) is 0. The number of nitrogens with zero attached hydrogens (tertiary/aromatic N) is 5. The zero-order valence-corrected chi connectivity index (χ0v) is 16.8. The number of carbonyl (C=O) groups is 1. The number of carbonyl (C=O) groups excluding carboxylic acids is 1. The van der Waals surface area contributed by atoms with Gasteiger partial charge in [0.25, 0.3) is 5.91 Å². The Kier molecular flexibility index (Phi) is 4.71. The molecule has 2 aromatic heterocycles. The van der Waals surface area contributed by atoms with Crippen LogP contribution in [0.3, 0.4) is 0 Å². The number of benzene rings is 1. The smallest absolute Gasteiger partial charge is 0.253 e. The summed E-state index contributed by atoms with van der Waals surface area (Å²) in [6.45, 7) is 9.37. The third-order valence-electron chi connectivity index (χ3n) is 5.30. The van der Waals surface area contributed by atoms with Crippen LogP contribution in [0.25, 0.3) is 11.3 Å². The molecular weight excluding hydrogens is 350 g/mol. The minimum Gasteiger partial charge on any atom is -0.336 e. The van der Waals surface area contributed by atoms with Crippen LogP contribution in [0.15, 0.2) is 36.5 Å². The molecule has 1 fully saturated rings. The Morgan fingerprint density at radius 1 is 1.11 bits per heavy atom. The standard InChI is InChI=1S/C22H25N5O/c1-14-10-16(3)27(25-14)20-8-9-26(13-20)22(28)19-7-5-6-18(11-19)21-17(4)23-12-15(2)24-21/h5-7,10-12,20H,8-9,13H2,1-4H3/t20-/m0/s1. The van der Waals surface area contributed by atoms with E-state index in [-0.39, 0.29) is 11.9 Å². The average molecular weight is 375 g/mol. The first-order valence-corrected chi connectivity index (χ1v) is 9.65. The van der Waals surface area contributed by atoms with Gasteiger partial charge in [-0.3, -0.25) is 14.5 Å². The van der Waals surface area contributed by atoms with E-state index in [4.69, 9.17) is 0 Å². The van der Waals surface area contributed by atoms with Gasteiger partial charge >= 0.3 is 0 Å². The van der Waals surface area contributed by atoms with Crippen LogP contribution in [0.4, 0.5) is 0 Å². The van der Waals surface area contributed by atoms with Crippen molar-refractivity contribution in [2.45, 2.75) is 40.2 Å². The summed E-state index contributed by atoms with van der Waals surface area (Å²) in [5.74, 6) is 0.0594. The monoisotopic (exact) mass is 375 g/mol. The van der Waals surface area contributed by atoms with Gasteiger partial charge in [-0.25, -0.2) is 4.98 Å². The van der Waals surface area contributed by atoms with E-state index >= 15 is 0 Å². The van der Waals surface area contributed by atoms with Crippen LogP contribution in [0.1, 0.15) is 45.6 Å². The molecule has 0 aliphatic carbocycles. The topological polar surface area (TPSA) is 63.9 Å². The maximum absolute atomic E-state index is 13.1. The van der Waals surface area contributed by atoms with Crippen LogP contribution in [0.5, 0.6) is 0 Å². The van der Waals surface area contributed by atoms with Crippen molar-refractivity contribution in [2.24, 2.45) is 0 Å². The molecule has 6 nitrogen and oxygen atoms in total. The first-order chi connectivity index (χ1) is 13.4. The highest BCUT2D eigenvalue weighted by Gasteiger charge is 2.29. The molecular formula is C22H25N5O. The third-order valence-corrected chi connectivity index (χ3v) is 5.30. The zero-order valence-electron chi connectivity index (χ0n) is 16.8. The summed E-state index contributed by atoms with van der Waals surface area (Å²) in [6.07, 6.45) is 2.69. The van der Waals surface area contributed by atoms with Gasteiger partial charge in [-0.05, 0) is 52.3 Å². The van der Waals surface area contributed by atoms with Gasteiger partial charge in [0.2, 0.25) is 0 Å². The van der Waals surface area contributed by atoms with Gasteiger partial charge in [-0.1, -0.05) is 12.1 Å². The second kappa shape index (κ2) is 7.19. The number of aromatic nitrogens is 4. The fourth-order valence-corrected chi connectivity index (χ4v) is 3.93. The molecule has 1 aliphatic rings. The third kappa shape index (κ3) is 3.42. The van der Waals surface area contributed by atoms with E-state index < -0.39 is 0 Å². The van der Waals surface area contributed by atoms with Crippen molar-refractivity contribution >= 4 is 5.91 Å². The van der Waals surface area contributed by atoms with Crippen molar-refractivity contribution < 1.29 is 4.79 Å². The SMILES string of the molecule is Cc1cnc(C)c(-c2cccc(C(=O)N3CC[C@H](n4nc(C)cc4C)C3)c2)n1. The first-order valence-electron chi connectivity index (χ1n) is 9.65. The second-order valence-corrected chi connectivity index (χ2v) is 7.59. The molecule has 4 rings (SSSR count). The largest absolute Gasteiger partial charge is 0.336 e. The number of rotatable bonds is 3. The average Bonchev–Trinajstić information content (AvgIpc) is 3.29. The van der Waals surface area contributed by atoms with Crippen LogP contribution in [-0.2, 0) is 0 Å². The summed E-state index contributed by atoms with van der Waals surface area (Å²) in [4.78, 5) is 24.0. The normalized spacial score (nSPS) is 16.6. The van der Waals surface area contributed by atoms with E-state index in [9.17, 15) is 4.79 Å². The molecule has 6 heteroatoms. The molecule has 144 valence electrons. The van der Waals surface area contributed by atoms with E-state index in [0.29, 0.717) is 12.1 Å². The molecule has 1 atom stereocenters. The molecule has 3 aromatic rings. The minimum absolute atomic E-state index is 0.0594. The highest BCUT2D eigenvalue weighted by Crippen LogP contribution is 2.26. The van der Waals surface area contributed by atoms with Crippen molar-refractivity contribution in [1.29, 1.82) is 0 Å². The molecule has 1 amide bonds. The fourth-order valence-electron chi connectivity index (χ4n) is 3.93. The lowest BCUT2D eigenvalue weighted by Gasteiger charge is -2.18. The predicted octanol–water partition coefficient (Wildman–Crippen LogP) is 3.66. The molecule has 0 saturated carbocycles. The summed E-state index contributed by atoms with van der Waals surface area (Å²) in [6, 6.07) is 10.0. The van der Waals surface area contributed by atoms with Crippen molar-refractivity contribution in [1.82, 2.24) is 24.6 Å². The van der Waals surface area contributed by atoms with E-state index in [1.807, 2.05) is 49.9 Å². The van der Waals surface area contributed by atoms with Crippen LogP contribution < -0.4 is 0 Å². The Bertz CT molecular complexity index is 1040. The van der Waals surface area contributed by atoms with E-state index in [1.165, 1.54) is 0 Å². The molecule has 0 spiro atoms. The van der Waals surface area contributed by atoms with Gasteiger partial charge in [0, 0.05) is 36.1 Å². The number of aryl methyl sites for hydroxylation is 4. The fraction of sp³-hybridized carbons (Fsp3) is 0.364. The maximum Gasteiger partial charge on any atom is 0.253 e.